The third-order valence-electron chi connectivity index (χ3n) is 6.31. The highest BCUT2D eigenvalue weighted by atomic mass is 16.7. The molecule has 0 aliphatic carbocycles. The van der Waals surface area contributed by atoms with Gasteiger partial charge in [-0.1, -0.05) is 24.3 Å². The highest BCUT2D eigenvalue weighted by molar-refractivity contribution is 6.62. The van der Waals surface area contributed by atoms with Gasteiger partial charge < -0.3 is 19.4 Å². The van der Waals surface area contributed by atoms with Crippen LogP contribution in [0.1, 0.15) is 50.9 Å². The fourth-order valence-corrected chi connectivity index (χ4v) is 4.10. The molecule has 0 amide bonds. The summed E-state index contributed by atoms with van der Waals surface area (Å²) in [5.41, 5.74) is 0.893. The van der Waals surface area contributed by atoms with Gasteiger partial charge in [0.25, 0.3) is 0 Å². The molecular formula is C20H28BNO4. The lowest BCUT2D eigenvalue weighted by molar-refractivity contribution is 0.00578. The Hall–Kier alpha value is -1.21. The number of hydrogen-bond acceptors (Lipinski definition) is 5. The summed E-state index contributed by atoms with van der Waals surface area (Å²) in [5, 5.41) is 3.55. The van der Waals surface area contributed by atoms with E-state index in [1.807, 2.05) is 52.0 Å². The van der Waals surface area contributed by atoms with Crippen molar-refractivity contribution >= 4 is 18.4 Å². The second-order valence-corrected chi connectivity index (χ2v) is 8.84. The van der Waals surface area contributed by atoms with Gasteiger partial charge in [-0.3, -0.25) is 4.79 Å². The second kappa shape index (κ2) is 6.45. The van der Waals surface area contributed by atoms with Crippen LogP contribution in [0.2, 0.25) is 0 Å². The minimum Gasteiger partial charge on any atom is -0.399 e. The van der Waals surface area contributed by atoms with Crippen LogP contribution in [0.3, 0.4) is 0 Å². The zero-order valence-electron chi connectivity index (χ0n) is 16.1. The zero-order valence-corrected chi connectivity index (χ0v) is 16.1. The Morgan fingerprint density at radius 2 is 1.69 bits per heavy atom. The number of ether oxygens (including phenoxy) is 1. The van der Waals surface area contributed by atoms with E-state index < -0.39 is 7.12 Å². The molecule has 3 saturated heterocycles. The summed E-state index contributed by atoms with van der Waals surface area (Å²) in [5.74, 6) is 0.283. The predicted octanol–water partition coefficient (Wildman–Crippen LogP) is 1.94. The van der Waals surface area contributed by atoms with E-state index in [1.54, 1.807) is 0 Å². The first-order chi connectivity index (χ1) is 12.2. The maximum Gasteiger partial charge on any atom is 0.494 e. The summed E-state index contributed by atoms with van der Waals surface area (Å²) >= 11 is 0. The van der Waals surface area contributed by atoms with E-state index in [2.05, 4.69) is 5.32 Å². The molecule has 5 nitrogen and oxygen atoms in total. The second-order valence-electron chi connectivity index (χ2n) is 8.84. The average molecular weight is 357 g/mol. The number of fused-ring (bicyclic) bond motifs is 2. The van der Waals surface area contributed by atoms with Crippen LogP contribution >= 0.6 is 0 Å². The van der Waals surface area contributed by atoms with Crippen molar-refractivity contribution in [1.29, 1.82) is 0 Å². The summed E-state index contributed by atoms with van der Waals surface area (Å²) in [6, 6.07) is 8.35. The molecule has 2 atom stereocenters. The predicted molar refractivity (Wildman–Crippen MR) is 101 cm³/mol. The van der Waals surface area contributed by atoms with E-state index in [4.69, 9.17) is 14.0 Å². The van der Waals surface area contributed by atoms with Crippen molar-refractivity contribution in [3.05, 3.63) is 29.8 Å². The summed E-state index contributed by atoms with van der Waals surface area (Å²) in [6.45, 7) is 9.56. The molecule has 3 aliphatic heterocycles. The van der Waals surface area contributed by atoms with Crippen LogP contribution in [0.4, 0.5) is 0 Å². The van der Waals surface area contributed by atoms with Gasteiger partial charge in [-0.2, -0.15) is 0 Å². The third kappa shape index (κ3) is 3.24. The van der Waals surface area contributed by atoms with Crippen molar-refractivity contribution in [2.24, 2.45) is 5.92 Å². The van der Waals surface area contributed by atoms with E-state index in [0.717, 1.165) is 23.9 Å². The van der Waals surface area contributed by atoms with Crippen LogP contribution in [-0.2, 0) is 14.0 Å². The molecule has 1 aromatic carbocycles. The number of piperidine rings is 1. The highest BCUT2D eigenvalue weighted by Crippen LogP contribution is 2.36. The molecule has 2 bridgehead atoms. The third-order valence-corrected chi connectivity index (χ3v) is 6.31. The number of benzene rings is 1. The number of carbonyl (C=O) groups excluding carboxylic acids is 1. The van der Waals surface area contributed by atoms with Crippen LogP contribution in [0.15, 0.2) is 24.3 Å². The molecule has 3 aliphatic rings. The molecule has 6 heteroatoms. The first-order valence-corrected chi connectivity index (χ1v) is 9.59. The zero-order chi connectivity index (χ0) is 18.5. The molecule has 0 radical (unpaired) electrons. The Labute approximate surface area is 155 Å². The van der Waals surface area contributed by atoms with Gasteiger partial charge in [0.1, 0.15) is 0 Å². The van der Waals surface area contributed by atoms with E-state index in [1.165, 1.54) is 0 Å². The molecule has 1 N–H and O–H groups in total. The maximum atomic E-state index is 13.1. The van der Waals surface area contributed by atoms with Crippen LogP contribution in [0, 0.1) is 5.92 Å². The molecule has 4 rings (SSSR count). The molecule has 0 spiro atoms. The van der Waals surface area contributed by atoms with Gasteiger partial charge >= 0.3 is 7.12 Å². The number of nitrogens with one attached hydrogen (secondary N) is 1. The fourth-order valence-electron chi connectivity index (χ4n) is 4.10. The lowest BCUT2D eigenvalue weighted by atomic mass is 9.76. The van der Waals surface area contributed by atoms with Crippen molar-refractivity contribution in [1.82, 2.24) is 5.32 Å². The number of ketones is 1. The Morgan fingerprint density at radius 1 is 1.08 bits per heavy atom. The standard InChI is InChI=1S/C20H28BNO4/c1-19(2)20(3,4)26-21(25-19)15-7-5-6-13(8-15)18(23)14-9-16-11-24-12-17(10-14)22-16/h5-8,14,16-17,22H,9-12H2,1-4H3. The van der Waals surface area contributed by atoms with Crippen molar-refractivity contribution in [2.75, 3.05) is 13.2 Å². The SMILES string of the molecule is CC1(C)OB(c2cccc(C(=O)C3CC4COCC(C3)N4)c2)OC1(C)C. The van der Waals surface area contributed by atoms with E-state index >= 15 is 0 Å². The molecule has 140 valence electrons. The van der Waals surface area contributed by atoms with Crippen LogP contribution in [0.5, 0.6) is 0 Å². The van der Waals surface area contributed by atoms with E-state index in [-0.39, 0.29) is 22.9 Å². The van der Waals surface area contributed by atoms with Gasteiger partial charge in [0.05, 0.1) is 24.4 Å². The van der Waals surface area contributed by atoms with Crippen molar-refractivity contribution in [2.45, 2.75) is 63.8 Å². The lowest BCUT2D eigenvalue weighted by Crippen LogP contribution is -2.55. The monoisotopic (exact) mass is 357 g/mol. The topological polar surface area (TPSA) is 56.8 Å². The molecule has 2 unspecified atom stereocenters. The quantitative estimate of drug-likeness (QED) is 0.662. The summed E-state index contributed by atoms with van der Waals surface area (Å²) in [4.78, 5) is 13.1. The Balaban J connectivity index is 1.52. The van der Waals surface area contributed by atoms with Gasteiger partial charge in [-0.05, 0) is 46.0 Å². The van der Waals surface area contributed by atoms with Crippen molar-refractivity contribution in [3.63, 3.8) is 0 Å². The number of rotatable bonds is 3. The summed E-state index contributed by atoms with van der Waals surface area (Å²) in [6.07, 6.45) is 1.69. The molecule has 3 heterocycles. The minimum atomic E-state index is -0.437. The van der Waals surface area contributed by atoms with Gasteiger partial charge in [0.15, 0.2) is 5.78 Å². The van der Waals surface area contributed by atoms with E-state index in [9.17, 15) is 4.79 Å². The summed E-state index contributed by atoms with van der Waals surface area (Å²) < 4.78 is 17.9. The van der Waals surface area contributed by atoms with Gasteiger partial charge in [-0.15, -0.1) is 0 Å². The molecule has 26 heavy (non-hydrogen) atoms. The Kier molecular flexibility index (Phi) is 4.51. The summed E-state index contributed by atoms with van der Waals surface area (Å²) in [7, 11) is -0.437. The smallest absolute Gasteiger partial charge is 0.399 e. The first-order valence-electron chi connectivity index (χ1n) is 9.59. The lowest BCUT2D eigenvalue weighted by Gasteiger charge is -2.39. The number of morpholine rings is 1. The minimum absolute atomic E-state index is 0.0590. The fraction of sp³-hybridized carbons (Fsp3) is 0.650. The molecular weight excluding hydrogens is 329 g/mol. The number of Topliss-reactive ketones (excluding diaryl/α,β-unsaturated/α-hetero) is 1. The van der Waals surface area contributed by atoms with Crippen molar-refractivity contribution < 1.29 is 18.8 Å². The molecule has 0 saturated carbocycles. The largest absolute Gasteiger partial charge is 0.494 e. The number of carbonyl (C=O) groups is 1. The van der Waals surface area contributed by atoms with Crippen molar-refractivity contribution in [3.8, 4) is 0 Å². The van der Waals surface area contributed by atoms with Crippen LogP contribution in [0.25, 0.3) is 0 Å². The Bertz CT molecular complexity index is 677. The van der Waals surface area contributed by atoms with Gasteiger partial charge in [-0.25, -0.2) is 0 Å². The molecule has 0 aromatic heterocycles. The average Bonchev–Trinajstić information content (AvgIpc) is 2.82. The van der Waals surface area contributed by atoms with Gasteiger partial charge in [0, 0.05) is 23.6 Å². The Morgan fingerprint density at radius 3 is 2.31 bits per heavy atom. The molecule has 3 fully saturated rings. The van der Waals surface area contributed by atoms with Gasteiger partial charge in [0.2, 0.25) is 0 Å². The van der Waals surface area contributed by atoms with Crippen LogP contribution in [-0.4, -0.2) is 49.4 Å². The normalized spacial score (nSPS) is 32.5. The van der Waals surface area contributed by atoms with E-state index in [0.29, 0.717) is 25.3 Å². The van der Waals surface area contributed by atoms with Crippen LogP contribution < -0.4 is 10.8 Å². The number of hydrogen-bond donors (Lipinski definition) is 1. The highest BCUT2D eigenvalue weighted by Gasteiger charge is 2.51. The maximum absolute atomic E-state index is 13.1. The first kappa shape index (κ1) is 18.2. The molecule has 1 aromatic rings.